The molecule has 2 N–H and O–H groups in total. The van der Waals surface area contributed by atoms with Crippen molar-refractivity contribution in [2.75, 3.05) is 13.2 Å². The molecule has 3 aromatic rings. The largest absolute Gasteiger partial charge is 0.491 e. The predicted octanol–water partition coefficient (Wildman–Crippen LogP) is 1.78. The van der Waals surface area contributed by atoms with Crippen molar-refractivity contribution >= 4 is 11.4 Å². The van der Waals surface area contributed by atoms with E-state index in [0.717, 1.165) is 17.6 Å². The number of aromatic nitrogens is 2. The standard InChI is InChI=1S/C17H15F2N3O3/c18-15-2-1-14(6-16(15)19)25-9-13(23)8-21-17(24)11-3-4-22-10-20-7-12(22)5-11/h1-7,10,13,23H,8-9H2,(H,21,24). The predicted molar refractivity (Wildman–Crippen MR) is 85.4 cm³/mol. The van der Waals surface area contributed by atoms with Crippen molar-refractivity contribution in [1.29, 1.82) is 0 Å². The number of carbonyl (C=O) groups excluding carboxylic acids is 1. The van der Waals surface area contributed by atoms with E-state index in [4.69, 9.17) is 4.74 Å². The Morgan fingerprint density at radius 1 is 1.28 bits per heavy atom. The van der Waals surface area contributed by atoms with Gasteiger partial charge in [-0.05, 0) is 24.3 Å². The zero-order chi connectivity index (χ0) is 17.8. The van der Waals surface area contributed by atoms with E-state index in [-0.39, 0.29) is 24.8 Å². The molecule has 0 aliphatic heterocycles. The Bertz CT molecular complexity index is 898. The van der Waals surface area contributed by atoms with E-state index in [0.29, 0.717) is 5.56 Å². The monoisotopic (exact) mass is 347 g/mol. The number of ether oxygens (including phenoxy) is 1. The molecule has 1 amide bonds. The molecule has 3 rings (SSSR count). The van der Waals surface area contributed by atoms with Gasteiger partial charge in [-0.15, -0.1) is 0 Å². The third-order valence-electron chi connectivity index (χ3n) is 3.51. The quantitative estimate of drug-likeness (QED) is 0.713. The number of aliphatic hydroxyl groups excluding tert-OH is 1. The topological polar surface area (TPSA) is 75.9 Å². The van der Waals surface area contributed by atoms with E-state index >= 15 is 0 Å². The molecular formula is C17H15F2N3O3. The highest BCUT2D eigenvalue weighted by Gasteiger charge is 2.11. The molecule has 0 saturated heterocycles. The van der Waals surface area contributed by atoms with Gasteiger partial charge < -0.3 is 19.6 Å². The Balaban J connectivity index is 1.50. The van der Waals surface area contributed by atoms with Gasteiger partial charge in [-0.1, -0.05) is 0 Å². The Hall–Kier alpha value is -3.00. The van der Waals surface area contributed by atoms with Crippen LogP contribution in [0, 0.1) is 11.6 Å². The molecule has 0 aliphatic rings. The minimum Gasteiger partial charge on any atom is -0.491 e. The molecule has 8 heteroatoms. The lowest BCUT2D eigenvalue weighted by molar-refractivity contribution is 0.0843. The minimum absolute atomic E-state index is 0.0487. The number of fused-ring (bicyclic) bond motifs is 1. The van der Waals surface area contributed by atoms with E-state index in [2.05, 4.69) is 10.3 Å². The summed E-state index contributed by atoms with van der Waals surface area (Å²) in [6.45, 7) is -0.222. The number of hydrogen-bond donors (Lipinski definition) is 2. The second-order valence-electron chi connectivity index (χ2n) is 5.39. The van der Waals surface area contributed by atoms with Crippen LogP contribution < -0.4 is 10.1 Å². The van der Waals surface area contributed by atoms with Gasteiger partial charge in [-0.2, -0.15) is 0 Å². The molecule has 130 valence electrons. The van der Waals surface area contributed by atoms with Crippen molar-refractivity contribution in [3.05, 3.63) is 66.3 Å². The van der Waals surface area contributed by atoms with Crippen LogP contribution in [-0.2, 0) is 0 Å². The average molecular weight is 347 g/mol. The molecule has 25 heavy (non-hydrogen) atoms. The summed E-state index contributed by atoms with van der Waals surface area (Å²) in [6.07, 6.45) is 3.95. The maximum atomic E-state index is 13.1. The first kappa shape index (κ1) is 16.8. The van der Waals surface area contributed by atoms with Gasteiger partial charge in [0.2, 0.25) is 0 Å². The zero-order valence-corrected chi connectivity index (χ0v) is 13.0. The molecule has 0 radical (unpaired) electrons. The van der Waals surface area contributed by atoms with Crippen molar-refractivity contribution in [1.82, 2.24) is 14.7 Å². The molecule has 1 aromatic carbocycles. The van der Waals surface area contributed by atoms with Crippen LogP contribution in [0.15, 0.2) is 49.1 Å². The number of nitrogens with one attached hydrogen (secondary N) is 1. The highest BCUT2D eigenvalue weighted by molar-refractivity contribution is 5.95. The van der Waals surface area contributed by atoms with Gasteiger partial charge in [-0.3, -0.25) is 4.79 Å². The summed E-state index contributed by atoms with van der Waals surface area (Å²) in [4.78, 5) is 16.1. The first-order valence-electron chi connectivity index (χ1n) is 7.49. The fourth-order valence-electron chi connectivity index (χ4n) is 2.19. The van der Waals surface area contributed by atoms with Crippen molar-refractivity contribution in [3.8, 4) is 5.75 Å². The van der Waals surface area contributed by atoms with Crippen LogP contribution in [0.1, 0.15) is 10.4 Å². The molecule has 2 heterocycles. The van der Waals surface area contributed by atoms with E-state index in [1.54, 1.807) is 35.3 Å². The van der Waals surface area contributed by atoms with Crippen molar-refractivity contribution in [2.45, 2.75) is 6.10 Å². The number of amides is 1. The number of halogens is 2. The molecule has 0 aliphatic carbocycles. The van der Waals surface area contributed by atoms with Gasteiger partial charge in [0.05, 0.1) is 18.0 Å². The second-order valence-corrected chi connectivity index (χ2v) is 5.39. The summed E-state index contributed by atoms with van der Waals surface area (Å²) < 4.78 is 32.8. The van der Waals surface area contributed by atoms with Crippen molar-refractivity contribution in [3.63, 3.8) is 0 Å². The van der Waals surface area contributed by atoms with Gasteiger partial charge >= 0.3 is 0 Å². The fraction of sp³-hybridized carbons (Fsp3) is 0.176. The number of pyridine rings is 1. The zero-order valence-electron chi connectivity index (χ0n) is 13.0. The molecule has 0 fully saturated rings. The highest BCUT2D eigenvalue weighted by Crippen LogP contribution is 2.15. The second kappa shape index (κ2) is 7.27. The van der Waals surface area contributed by atoms with E-state index in [1.807, 2.05) is 0 Å². The van der Waals surface area contributed by atoms with E-state index < -0.39 is 17.7 Å². The van der Waals surface area contributed by atoms with Gasteiger partial charge in [-0.25, -0.2) is 13.8 Å². The van der Waals surface area contributed by atoms with Crippen molar-refractivity contribution in [2.24, 2.45) is 0 Å². The van der Waals surface area contributed by atoms with Crippen LogP contribution in [0.2, 0.25) is 0 Å². The number of carbonyl (C=O) groups is 1. The first-order chi connectivity index (χ1) is 12.0. The smallest absolute Gasteiger partial charge is 0.251 e. The molecular weight excluding hydrogens is 332 g/mol. The maximum absolute atomic E-state index is 13.1. The Kier molecular flexibility index (Phi) is 4.90. The summed E-state index contributed by atoms with van der Waals surface area (Å²) in [5, 5.41) is 12.4. The summed E-state index contributed by atoms with van der Waals surface area (Å²) in [6, 6.07) is 6.39. The number of nitrogens with zero attached hydrogens (tertiary/aromatic N) is 2. The third-order valence-corrected chi connectivity index (χ3v) is 3.51. The van der Waals surface area contributed by atoms with Crippen molar-refractivity contribution < 1.29 is 23.4 Å². The first-order valence-corrected chi connectivity index (χ1v) is 7.49. The molecule has 6 nitrogen and oxygen atoms in total. The maximum Gasteiger partial charge on any atom is 0.251 e. The van der Waals surface area contributed by atoms with Gasteiger partial charge in [0.25, 0.3) is 5.91 Å². The minimum atomic E-state index is -1.03. The van der Waals surface area contributed by atoms with Crippen LogP contribution in [0.25, 0.3) is 5.52 Å². The number of benzene rings is 1. The lowest BCUT2D eigenvalue weighted by Crippen LogP contribution is -2.35. The molecule has 0 spiro atoms. The number of imidazole rings is 1. The molecule has 2 aromatic heterocycles. The van der Waals surface area contributed by atoms with Crippen LogP contribution >= 0.6 is 0 Å². The number of aliphatic hydroxyl groups is 1. The highest BCUT2D eigenvalue weighted by atomic mass is 19.2. The van der Waals surface area contributed by atoms with E-state index in [9.17, 15) is 18.7 Å². The molecule has 1 unspecified atom stereocenters. The average Bonchev–Trinajstić information content (AvgIpc) is 3.08. The molecule has 1 atom stereocenters. The van der Waals surface area contributed by atoms with Gasteiger partial charge in [0.15, 0.2) is 11.6 Å². The van der Waals surface area contributed by atoms with Crippen LogP contribution in [0.5, 0.6) is 5.75 Å². The van der Waals surface area contributed by atoms with Crippen LogP contribution in [0.3, 0.4) is 0 Å². The Morgan fingerprint density at radius 3 is 2.92 bits per heavy atom. The Labute approximate surface area is 141 Å². The van der Waals surface area contributed by atoms with Gasteiger partial charge in [0, 0.05) is 24.4 Å². The number of rotatable bonds is 6. The summed E-state index contributed by atoms with van der Waals surface area (Å²) in [7, 11) is 0. The third kappa shape index (κ3) is 4.10. The fourth-order valence-corrected chi connectivity index (χ4v) is 2.19. The summed E-state index contributed by atoms with van der Waals surface area (Å²) in [5.74, 6) is -2.27. The SMILES string of the molecule is O=C(NCC(O)COc1ccc(F)c(F)c1)c1ccn2cncc2c1. The number of hydrogen-bond acceptors (Lipinski definition) is 4. The van der Waals surface area contributed by atoms with Crippen LogP contribution in [0.4, 0.5) is 8.78 Å². The summed E-state index contributed by atoms with van der Waals surface area (Å²) in [5.41, 5.74) is 1.21. The van der Waals surface area contributed by atoms with Gasteiger partial charge in [0.1, 0.15) is 18.5 Å². The lowest BCUT2D eigenvalue weighted by Gasteiger charge is -2.13. The Morgan fingerprint density at radius 2 is 2.12 bits per heavy atom. The summed E-state index contributed by atoms with van der Waals surface area (Å²) >= 11 is 0. The lowest BCUT2D eigenvalue weighted by atomic mass is 10.2. The van der Waals surface area contributed by atoms with Crippen LogP contribution in [-0.4, -0.2) is 39.7 Å². The van der Waals surface area contributed by atoms with E-state index in [1.165, 1.54) is 6.07 Å². The molecule has 0 saturated carbocycles. The molecule has 0 bridgehead atoms. The normalized spacial score (nSPS) is 12.1.